The molecular weight excluding hydrogens is 412 g/mol. The lowest BCUT2D eigenvalue weighted by Crippen LogP contribution is -2.18. The second-order valence-corrected chi connectivity index (χ2v) is 8.90. The standard InChI is InChI=1S/C26H28N6O/c1-26(2,3)22-9-8-18(15-30-22)21-14-23(32-16-31-21)28-12-10-17-6-5-7-19-20(25(33)27-4)11-13-29-24(17)19/h5-9,11,13-16H,10,12H2,1-4H3,(H,27,33)(H,28,31,32). The molecule has 3 aromatic heterocycles. The third-order valence-electron chi connectivity index (χ3n) is 5.52. The zero-order valence-electron chi connectivity index (χ0n) is 19.4. The summed E-state index contributed by atoms with van der Waals surface area (Å²) in [5.41, 5.74) is 5.37. The molecule has 0 fully saturated rings. The Balaban J connectivity index is 1.48. The van der Waals surface area contributed by atoms with Crippen LogP contribution in [0.15, 0.2) is 61.2 Å². The Kier molecular flexibility index (Phi) is 6.31. The van der Waals surface area contributed by atoms with Crippen molar-refractivity contribution in [2.45, 2.75) is 32.6 Å². The lowest BCUT2D eigenvalue weighted by molar-refractivity contribution is 0.0964. The molecule has 1 amide bonds. The van der Waals surface area contributed by atoms with Crippen molar-refractivity contribution in [3.8, 4) is 11.3 Å². The first-order chi connectivity index (χ1) is 15.9. The summed E-state index contributed by atoms with van der Waals surface area (Å²) in [6.07, 6.45) is 5.84. The van der Waals surface area contributed by atoms with E-state index in [4.69, 9.17) is 0 Å². The van der Waals surface area contributed by atoms with Gasteiger partial charge < -0.3 is 10.6 Å². The van der Waals surface area contributed by atoms with E-state index in [2.05, 4.69) is 51.3 Å². The SMILES string of the molecule is CNC(=O)c1ccnc2c(CCNc3cc(-c4ccc(C(C)(C)C)nc4)ncn3)cccc12. The van der Waals surface area contributed by atoms with Crippen molar-refractivity contribution in [3.05, 3.63) is 78.0 Å². The first-order valence-electron chi connectivity index (χ1n) is 11.0. The molecule has 7 heteroatoms. The van der Waals surface area contributed by atoms with Crippen LogP contribution in [-0.2, 0) is 11.8 Å². The average molecular weight is 441 g/mol. The van der Waals surface area contributed by atoms with Crippen molar-refractivity contribution in [2.24, 2.45) is 0 Å². The number of hydrogen-bond acceptors (Lipinski definition) is 6. The molecule has 4 rings (SSSR count). The zero-order chi connectivity index (χ0) is 23.4. The highest BCUT2D eigenvalue weighted by Gasteiger charge is 2.15. The minimum atomic E-state index is -0.115. The first-order valence-corrected chi connectivity index (χ1v) is 11.0. The summed E-state index contributed by atoms with van der Waals surface area (Å²) in [4.78, 5) is 30.1. The van der Waals surface area contributed by atoms with Gasteiger partial charge in [0.2, 0.25) is 0 Å². The average Bonchev–Trinajstić information content (AvgIpc) is 2.83. The summed E-state index contributed by atoms with van der Waals surface area (Å²) in [6.45, 7) is 7.11. The van der Waals surface area contributed by atoms with E-state index in [1.54, 1.807) is 25.6 Å². The van der Waals surface area contributed by atoms with Crippen molar-refractivity contribution >= 4 is 22.6 Å². The Morgan fingerprint density at radius 1 is 1.00 bits per heavy atom. The number of pyridine rings is 2. The van der Waals surface area contributed by atoms with Crippen LogP contribution in [0.25, 0.3) is 22.2 Å². The highest BCUT2D eigenvalue weighted by molar-refractivity contribution is 6.06. The molecular formula is C26H28N6O. The van der Waals surface area contributed by atoms with Gasteiger partial charge in [-0.05, 0) is 30.2 Å². The quantitative estimate of drug-likeness (QED) is 0.462. The number of rotatable bonds is 6. The van der Waals surface area contributed by atoms with Gasteiger partial charge in [0.1, 0.15) is 12.1 Å². The Bertz CT molecular complexity index is 1280. The number of carbonyl (C=O) groups excluding carboxylic acids is 1. The van der Waals surface area contributed by atoms with Crippen LogP contribution in [0.3, 0.4) is 0 Å². The van der Waals surface area contributed by atoms with Gasteiger partial charge in [0.15, 0.2) is 0 Å². The fourth-order valence-electron chi connectivity index (χ4n) is 3.70. The molecule has 0 saturated carbocycles. The highest BCUT2D eigenvalue weighted by Crippen LogP contribution is 2.24. The Morgan fingerprint density at radius 3 is 2.58 bits per heavy atom. The van der Waals surface area contributed by atoms with E-state index < -0.39 is 0 Å². The second kappa shape index (κ2) is 9.32. The zero-order valence-corrected chi connectivity index (χ0v) is 19.4. The lowest BCUT2D eigenvalue weighted by atomic mass is 9.91. The van der Waals surface area contributed by atoms with Gasteiger partial charge in [-0.1, -0.05) is 39.0 Å². The molecule has 0 radical (unpaired) electrons. The minimum Gasteiger partial charge on any atom is -0.370 e. The van der Waals surface area contributed by atoms with Crippen molar-refractivity contribution < 1.29 is 4.79 Å². The molecule has 0 saturated heterocycles. The van der Waals surface area contributed by atoms with Gasteiger partial charge in [0.05, 0.1) is 16.8 Å². The van der Waals surface area contributed by atoms with Crippen LogP contribution in [0.4, 0.5) is 5.82 Å². The van der Waals surface area contributed by atoms with Gasteiger partial charge in [-0.2, -0.15) is 0 Å². The van der Waals surface area contributed by atoms with Crippen LogP contribution in [0, 0.1) is 0 Å². The smallest absolute Gasteiger partial charge is 0.251 e. The van der Waals surface area contributed by atoms with Crippen molar-refractivity contribution in [3.63, 3.8) is 0 Å². The molecule has 0 aliphatic heterocycles. The van der Waals surface area contributed by atoms with E-state index in [1.807, 2.05) is 42.6 Å². The van der Waals surface area contributed by atoms with E-state index in [-0.39, 0.29) is 11.3 Å². The third kappa shape index (κ3) is 4.98. The van der Waals surface area contributed by atoms with E-state index in [9.17, 15) is 4.79 Å². The number of fused-ring (bicyclic) bond motifs is 1. The van der Waals surface area contributed by atoms with Crippen molar-refractivity contribution in [1.29, 1.82) is 0 Å². The number of benzene rings is 1. The van der Waals surface area contributed by atoms with Gasteiger partial charge >= 0.3 is 0 Å². The third-order valence-corrected chi connectivity index (χ3v) is 5.52. The van der Waals surface area contributed by atoms with Gasteiger partial charge in [-0.25, -0.2) is 9.97 Å². The number of aromatic nitrogens is 4. The number of carbonyl (C=O) groups is 1. The summed E-state index contributed by atoms with van der Waals surface area (Å²) in [5, 5.41) is 6.91. The number of para-hydroxylation sites is 1. The maximum absolute atomic E-state index is 12.2. The topological polar surface area (TPSA) is 92.7 Å². The molecule has 0 unspecified atom stereocenters. The molecule has 0 aliphatic rings. The normalized spacial score (nSPS) is 11.4. The Labute approximate surface area is 193 Å². The van der Waals surface area contributed by atoms with Crippen LogP contribution < -0.4 is 10.6 Å². The summed E-state index contributed by atoms with van der Waals surface area (Å²) in [5.74, 6) is 0.635. The number of amides is 1. The maximum Gasteiger partial charge on any atom is 0.251 e. The molecule has 4 aromatic rings. The second-order valence-electron chi connectivity index (χ2n) is 8.90. The summed E-state index contributed by atoms with van der Waals surface area (Å²) in [6, 6.07) is 13.7. The predicted molar refractivity (Wildman–Crippen MR) is 131 cm³/mol. The molecule has 7 nitrogen and oxygen atoms in total. The number of anilines is 1. The maximum atomic E-state index is 12.2. The van der Waals surface area contributed by atoms with E-state index in [0.717, 1.165) is 45.7 Å². The predicted octanol–water partition coefficient (Wildman–Crippen LogP) is 4.40. The number of nitrogens with one attached hydrogen (secondary N) is 2. The van der Waals surface area contributed by atoms with E-state index in [0.29, 0.717) is 12.1 Å². The molecule has 2 N–H and O–H groups in total. The Hall–Kier alpha value is -3.87. The molecule has 33 heavy (non-hydrogen) atoms. The summed E-state index contributed by atoms with van der Waals surface area (Å²) < 4.78 is 0. The lowest BCUT2D eigenvalue weighted by Gasteiger charge is -2.17. The van der Waals surface area contributed by atoms with Crippen LogP contribution in [-0.4, -0.2) is 39.4 Å². The molecule has 1 aromatic carbocycles. The minimum absolute atomic E-state index is 0.00842. The van der Waals surface area contributed by atoms with E-state index in [1.165, 1.54) is 0 Å². The monoisotopic (exact) mass is 440 g/mol. The fraction of sp³-hybridized carbons (Fsp3) is 0.269. The largest absolute Gasteiger partial charge is 0.370 e. The number of nitrogens with zero attached hydrogens (tertiary/aromatic N) is 4. The Morgan fingerprint density at radius 2 is 1.85 bits per heavy atom. The molecule has 168 valence electrons. The van der Waals surface area contributed by atoms with Crippen LogP contribution in [0.5, 0.6) is 0 Å². The molecule has 3 heterocycles. The van der Waals surface area contributed by atoms with Crippen LogP contribution >= 0.6 is 0 Å². The highest BCUT2D eigenvalue weighted by atomic mass is 16.1. The molecule has 0 spiro atoms. The molecule has 0 atom stereocenters. The number of hydrogen-bond donors (Lipinski definition) is 2. The van der Waals surface area contributed by atoms with Gasteiger partial charge in [-0.3, -0.25) is 14.8 Å². The van der Waals surface area contributed by atoms with Crippen LogP contribution in [0.1, 0.15) is 42.4 Å². The van der Waals surface area contributed by atoms with Crippen molar-refractivity contribution in [2.75, 3.05) is 18.9 Å². The molecule has 0 bridgehead atoms. The van der Waals surface area contributed by atoms with Gasteiger partial charge in [-0.15, -0.1) is 0 Å². The van der Waals surface area contributed by atoms with Gasteiger partial charge in [0, 0.05) is 54.1 Å². The first kappa shape index (κ1) is 22.3. The van der Waals surface area contributed by atoms with Gasteiger partial charge in [0.25, 0.3) is 5.91 Å². The van der Waals surface area contributed by atoms with Crippen LogP contribution in [0.2, 0.25) is 0 Å². The molecule has 0 aliphatic carbocycles. The van der Waals surface area contributed by atoms with Crippen molar-refractivity contribution in [1.82, 2.24) is 25.3 Å². The van der Waals surface area contributed by atoms with E-state index >= 15 is 0 Å². The summed E-state index contributed by atoms with van der Waals surface area (Å²) >= 11 is 0. The summed E-state index contributed by atoms with van der Waals surface area (Å²) in [7, 11) is 1.63. The fourth-order valence-corrected chi connectivity index (χ4v) is 3.70.